The minimum atomic E-state index is 0.126. The fourth-order valence-electron chi connectivity index (χ4n) is 3.44. The van der Waals surface area contributed by atoms with Gasteiger partial charge in [-0.2, -0.15) is 0 Å². The summed E-state index contributed by atoms with van der Waals surface area (Å²) in [6.07, 6.45) is 3.24. The Bertz CT molecular complexity index is 935. The summed E-state index contributed by atoms with van der Waals surface area (Å²) in [6.45, 7) is 5.75. The van der Waals surface area contributed by atoms with Crippen LogP contribution in [0.2, 0.25) is 0 Å². The maximum Gasteiger partial charge on any atom is 0.222 e. The van der Waals surface area contributed by atoms with Crippen molar-refractivity contribution in [2.24, 2.45) is 0 Å². The molecule has 1 saturated heterocycles. The van der Waals surface area contributed by atoms with Crippen molar-refractivity contribution in [3.8, 4) is 11.1 Å². The second-order valence-corrected chi connectivity index (χ2v) is 7.76. The molecule has 1 aliphatic rings. The summed E-state index contributed by atoms with van der Waals surface area (Å²) in [4.78, 5) is 23.7. The molecule has 0 unspecified atom stereocenters. The topological polar surface area (TPSA) is 58.1 Å². The molecule has 4 rings (SSSR count). The first-order chi connectivity index (χ1) is 12.6. The molecule has 2 aromatic heterocycles. The monoisotopic (exact) mass is 366 g/mol. The molecule has 1 amide bonds. The number of hydrogen-bond donors (Lipinski definition) is 1. The highest BCUT2D eigenvalue weighted by atomic mass is 32.1. The largest absolute Gasteiger partial charge is 0.365 e. The Morgan fingerprint density at radius 2 is 2.08 bits per heavy atom. The Morgan fingerprint density at radius 3 is 2.81 bits per heavy atom. The van der Waals surface area contributed by atoms with Crippen molar-refractivity contribution in [3.05, 3.63) is 41.5 Å². The maximum absolute atomic E-state index is 11.9. The lowest BCUT2D eigenvalue weighted by Crippen LogP contribution is -2.35. The van der Waals surface area contributed by atoms with E-state index >= 15 is 0 Å². The standard InChI is InChI=1S/C20H22N4OS/c1-13-5-7-15(8-6-13)16-11-26-20-18(16)19(21-12-22-20)23-14(2)10-24-9-3-4-17(24)25/h5-8,11-12,14H,3-4,9-10H2,1-2H3,(H,21,22,23)/t14-/m1/s1. The number of nitrogens with zero attached hydrogens (tertiary/aromatic N) is 3. The van der Waals surface area contributed by atoms with E-state index in [1.54, 1.807) is 17.7 Å². The van der Waals surface area contributed by atoms with Gasteiger partial charge in [-0.05, 0) is 25.8 Å². The van der Waals surface area contributed by atoms with Crippen molar-refractivity contribution >= 4 is 33.3 Å². The zero-order chi connectivity index (χ0) is 18.1. The van der Waals surface area contributed by atoms with E-state index < -0.39 is 0 Å². The number of nitrogens with one attached hydrogen (secondary N) is 1. The lowest BCUT2D eigenvalue weighted by Gasteiger charge is -2.22. The van der Waals surface area contributed by atoms with E-state index in [4.69, 9.17) is 0 Å². The second-order valence-electron chi connectivity index (χ2n) is 6.91. The second kappa shape index (κ2) is 7.03. The van der Waals surface area contributed by atoms with Crippen LogP contribution in [0.5, 0.6) is 0 Å². The fourth-order valence-corrected chi connectivity index (χ4v) is 4.35. The van der Waals surface area contributed by atoms with Crippen molar-refractivity contribution < 1.29 is 4.79 Å². The Kier molecular flexibility index (Phi) is 4.59. The average Bonchev–Trinajstić information content (AvgIpc) is 3.23. The van der Waals surface area contributed by atoms with Gasteiger partial charge < -0.3 is 10.2 Å². The minimum absolute atomic E-state index is 0.126. The van der Waals surface area contributed by atoms with E-state index in [-0.39, 0.29) is 11.9 Å². The first-order valence-corrected chi connectivity index (χ1v) is 9.83. The smallest absolute Gasteiger partial charge is 0.222 e. The van der Waals surface area contributed by atoms with Gasteiger partial charge in [0.1, 0.15) is 17.0 Å². The van der Waals surface area contributed by atoms with Crippen molar-refractivity contribution in [2.45, 2.75) is 32.7 Å². The van der Waals surface area contributed by atoms with Crippen LogP contribution >= 0.6 is 11.3 Å². The number of fused-ring (bicyclic) bond motifs is 1. The molecule has 134 valence electrons. The highest BCUT2D eigenvalue weighted by Gasteiger charge is 2.22. The number of carbonyl (C=O) groups is 1. The first kappa shape index (κ1) is 17.0. The SMILES string of the molecule is Cc1ccc(-c2csc3ncnc(N[C@H](C)CN4CCCC4=O)c23)cc1. The number of rotatable bonds is 5. The highest BCUT2D eigenvalue weighted by Crippen LogP contribution is 2.36. The molecule has 0 spiro atoms. The summed E-state index contributed by atoms with van der Waals surface area (Å²) in [6, 6.07) is 8.65. The lowest BCUT2D eigenvalue weighted by atomic mass is 10.0. The molecule has 1 fully saturated rings. The molecule has 3 heterocycles. The van der Waals surface area contributed by atoms with E-state index in [2.05, 4.69) is 58.8 Å². The minimum Gasteiger partial charge on any atom is -0.365 e. The number of carbonyl (C=O) groups excluding carboxylic acids is 1. The summed E-state index contributed by atoms with van der Waals surface area (Å²) in [5.41, 5.74) is 3.56. The molecule has 26 heavy (non-hydrogen) atoms. The number of aromatic nitrogens is 2. The number of likely N-dealkylation sites (tertiary alicyclic amines) is 1. The van der Waals surface area contributed by atoms with Crippen LogP contribution in [-0.4, -0.2) is 39.9 Å². The molecule has 0 saturated carbocycles. The quantitative estimate of drug-likeness (QED) is 0.739. The van der Waals surface area contributed by atoms with Gasteiger partial charge in [0.05, 0.1) is 5.39 Å². The van der Waals surface area contributed by atoms with Gasteiger partial charge in [0.25, 0.3) is 0 Å². The molecule has 1 aliphatic heterocycles. The fraction of sp³-hybridized carbons (Fsp3) is 0.350. The van der Waals surface area contributed by atoms with Crippen LogP contribution in [0.25, 0.3) is 21.3 Å². The van der Waals surface area contributed by atoms with E-state index in [1.807, 2.05) is 4.90 Å². The van der Waals surface area contributed by atoms with Crippen molar-refractivity contribution in [2.75, 3.05) is 18.4 Å². The predicted molar refractivity (Wildman–Crippen MR) is 106 cm³/mol. The summed E-state index contributed by atoms with van der Waals surface area (Å²) >= 11 is 1.63. The third kappa shape index (κ3) is 3.29. The molecular formula is C20H22N4OS. The Balaban J connectivity index is 1.63. The summed E-state index contributed by atoms with van der Waals surface area (Å²) < 4.78 is 0. The van der Waals surface area contributed by atoms with Crippen LogP contribution in [0.15, 0.2) is 36.0 Å². The van der Waals surface area contributed by atoms with Gasteiger partial charge in [-0.3, -0.25) is 4.79 Å². The first-order valence-electron chi connectivity index (χ1n) is 8.95. The molecule has 1 N–H and O–H groups in total. The van der Waals surface area contributed by atoms with Crippen molar-refractivity contribution in [1.82, 2.24) is 14.9 Å². The summed E-state index contributed by atoms with van der Waals surface area (Å²) in [5.74, 6) is 1.09. The zero-order valence-corrected chi connectivity index (χ0v) is 15.8. The van der Waals surface area contributed by atoms with E-state index in [0.717, 1.165) is 34.6 Å². The van der Waals surface area contributed by atoms with Crippen LogP contribution < -0.4 is 5.32 Å². The van der Waals surface area contributed by atoms with Gasteiger partial charge in [-0.15, -0.1) is 11.3 Å². The van der Waals surface area contributed by atoms with Crippen LogP contribution in [0.3, 0.4) is 0 Å². The van der Waals surface area contributed by atoms with Crippen LogP contribution in [0.4, 0.5) is 5.82 Å². The molecule has 0 radical (unpaired) electrons. The molecule has 5 nitrogen and oxygen atoms in total. The third-order valence-electron chi connectivity index (χ3n) is 4.78. The van der Waals surface area contributed by atoms with Gasteiger partial charge in [-0.1, -0.05) is 29.8 Å². The molecule has 1 atom stereocenters. The predicted octanol–water partition coefficient (Wildman–Crippen LogP) is 4.09. The molecule has 0 aliphatic carbocycles. The maximum atomic E-state index is 11.9. The molecular weight excluding hydrogens is 344 g/mol. The van der Waals surface area contributed by atoms with E-state index in [0.29, 0.717) is 13.0 Å². The van der Waals surface area contributed by atoms with Crippen LogP contribution in [0, 0.1) is 6.92 Å². The Hall–Kier alpha value is -2.47. The van der Waals surface area contributed by atoms with Gasteiger partial charge >= 0.3 is 0 Å². The van der Waals surface area contributed by atoms with Gasteiger partial charge in [0.2, 0.25) is 5.91 Å². The van der Waals surface area contributed by atoms with Gasteiger partial charge in [-0.25, -0.2) is 9.97 Å². The normalized spacial score (nSPS) is 15.6. The van der Waals surface area contributed by atoms with E-state index in [9.17, 15) is 4.79 Å². The number of anilines is 1. The van der Waals surface area contributed by atoms with E-state index in [1.165, 1.54) is 11.1 Å². The lowest BCUT2D eigenvalue weighted by molar-refractivity contribution is -0.127. The Labute approximate surface area is 157 Å². The van der Waals surface area contributed by atoms with Crippen molar-refractivity contribution in [1.29, 1.82) is 0 Å². The molecule has 1 aromatic carbocycles. The number of hydrogen-bond acceptors (Lipinski definition) is 5. The van der Waals surface area contributed by atoms with Crippen LogP contribution in [0.1, 0.15) is 25.3 Å². The van der Waals surface area contributed by atoms with Gasteiger partial charge in [0.15, 0.2) is 0 Å². The summed E-state index contributed by atoms with van der Waals surface area (Å²) in [7, 11) is 0. The number of benzene rings is 1. The molecule has 0 bridgehead atoms. The Morgan fingerprint density at radius 1 is 1.27 bits per heavy atom. The third-order valence-corrected chi connectivity index (χ3v) is 5.67. The summed E-state index contributed by atoms with van der Waals surface area (Å²) in [5, 5.41) is 6.70. The zero-order valence-electron chi connectivity index (χ0n) is 15.0. The van der Waals surface area contributed by atoms with Gasteiger partial charge in [0, 0.05) is 36.5 Å². The average molecular weight is 366 g/mol. The number of amides is 1. The number of thiophene rings is 1. The molecule has 3 aromatic rings. The number of aryl methyl sites for hydroxylation is 1. The highest BCUT2D eigenvalue weighted by molar-refractivity contribution is 7.17. The van der Waals surface area contributed by atoms with Crippen molar-refractivity contribution in [3.63, 3.8) is 0 Å². The van der Waals surface area contributed by atoms with Crippen LogP contribution in [-0.2, 0) is 4.79 Å². The molecule has 6 heteroatoms.